The number of unbranched alkanes of at least 4 members (excludes halogenated alkanes) is 3. The van der Waals surface area contributed by atoms with Gasteiger partial charge in [0.25, 0.3) is 0 Å². The van der Waals surface area contributed by atoms with E-state index in [0.717, 1.165) is 37.7 Å². The zero-order chi connectivity index (χ0) is 18.1. The summed E-state index contributed by atoms with van der Waals surface area (Å²) in [5, 5.41) is 17.8. The molecule has 2 rings (SSSR count). The molecule has 1 fully saturated rings. The van der Waals surface area contributed by atoms with E-state index >= 15 is 0 Å². The van der Waals surface area contributed by atoms with Crippen molar-refractivity contribution in [3.05, 3.63) is 41.5 Å². The number of rotatable bonds is 9. The largest absolute Gasteiger partial charge is 0.481 e. The van der Waals surface area contributed by atoms with Crippen LogP contribution < -0.4 is 0 Å². The molecule has 1 aliphatic carbocycles. The van der Waals surface area contributed by atoms with Gasteiger partial charge >= 0.3 is 5.97 Å². The summed E-state index contributed by atoms with van der Waals surface area (Å²) in [7, 11) is 0. The average Bonchev–Trinajstić information content (AvgIpc) is 2.96. The molecule has 25 heavy (non-hydrogen) atoms. The van der Waals surface area contributed by atoms with Gasteiger partial charge in [-0.25, -0.2) is 0 Å². The Morgan fingerprint density at radius 3 is 2.76 bits per heavy atom. The van der Waals surface area contributed by atoms with Crippen LogP contribution >= 0.6 is 0 Å². The predicted molar refractivity (Wildman–Crippen MR) is 96.7 cm³/mol. The van der Waals surface area contributed by atoms with Gasteiger partial charge < -0.3 is 5.11 Å². The second-order valence-corrected chi connectivity index (χ2v) is 6.68. The molecule has 0 amide bonds. The Kier molecular flexibility index (Phi) is 7.40. The Morgan fingerprint density at radius 1 is 1.24 bits per heavy atom. The summed E-state index contributed by atoms with van der Waals surface area (Å²) in [5.41, 5.74) is 1.55. The fourth-order valence-electron chi connectivity index (χ4n) is 3.51. The van der Waals surface area contributed by atoms with Crippen LogP contribution in [0.3, 0.4) is 0 Å². The molecule has 0 saturated heterocycles. The average molecular weight is 339 g/mol. The quantitative estimate of drug-likeness (QED) is 0.667. The van der Waals surface area contributed by atoms with Crippen molar-refractivity contribution in [2.75, 3.05) is 0 Å². The maximum absolute atomic E-state index is 12.2. The van der Waals surface area contributed by atoms with E-state index in [0.29, 0.717) is 24.2 Å². The molecule has 4 nitrogen and oxygen atoms in total. The van der Waals surface area contributed by atoms with Gasteiger partial charge in [0.2, 0.25) is 0 Å². The number of nitrogens with zero attached hydrogens (tertiary/aromatic N) is 1. The van der Waals surface area contributed by atoms with Crippen LogP contribution in [0.4, 0.5) is 0 Å². The van der Waals surface area contributed by atoms with Crippen LogP contribution in [0, 0.1) is 23.2 Å². The lowest BCUT2D eigenvalue weighted by Crippen LogP contribution is -2.13. The van der Waals surface area contributed by atoms with Gasteiger partial charge in [-0.3, -0.25) is 9.59 Å². The highest BCUT2D eigenvalue weighted by atomic mass is 16.4. The zero-order valence-electron chi connectivity index (χ0n) is 14.5. The van der Waals surface area contributed by atoms with E-state index < -0.39 is 5.97 Å². The van der Waals surface area contributed by atoms with Crippen molar-refractivity contribution in [3.8, 4) is 6.07 Å². The molecule has 2 atom stereocenters. The third-order valence-corrected chi connectivity index (χ3v) is 4.91. The SMILES string of the molecule is N#Cc1ccccc1/C=C/C1CCC(=O)C1CCCCCCC(=O)O. The summed E-state index contributed by atoms with van der Waals surface area (Å²) >= 11 is 0. The maximum Gasteiger partial charge on any atom is 0.303 e. The van der Waals surface area contributed by atoms with Gasteiger partial charge in [0, 0.05) is 18.8 Å². The van der Waals surface area contributed by atoms with E-state index in [9.17, 15) is 9.59 Å². The number of hydrogen-bond donors (Lipinski definition) is 1. The molecule has 1 N–H and O–H groups in total. The molecule has 1 aromatic rings. The lowest BCUT2D eigenvalue weighted by molar-refractivity contribution is -0.137. The van der Waals surface area contributed by atoms with Crippen molar-refractivity contribution in [2.24, 2.45) is 11.8 Å². The number of carboxylic acids is 1. The van der Waals surface area contributed by atoms with E-state index in [1.165, 1.54) is 0 Å². The van der Waals surface area contributed by atoms with Crippen LogP contribution in [0.1, 0.15) is 62.5 Å². The molecule has 1 saturated carbocycles. The fourth-order valence-corrected chi connectivity index (χ4v) is 3.51. The van der Waals surface area contributed by atoms with Gasteiger partial charge in [0.15, 0.2) is 0 Å². The Labute approximate surface area is 149 Å². The smallest absolute Gasteiger partial charge is 0.303 e. The van der Waals surface area contributed by atoms with Crippen molar-refractivity contribution in [1.29, 1.82) is 5.26 Å². The van der Waals surface area contributed by atoms with Crippen LogP contribution in [0.2, 0.25) is 0 Å². The van der Waals surface area contributed by atoms with Crippen molar-refractivity contribution < 1.29 is 14.7 Å². The Hall–Kier alpha value is -2.41. The van der Waals surface area contributed by atoms with Gasteiger partial charge in [0.1, 0.15) is 5.78 Å². The topological polar surface area (TPSA) is 78.2 Å². The minimum absolute atomic E-state index is 0.0740. The van der Waals surface area contributed by atoms with Crippen molar-refractivity contribution in [3.63, 3.8) is 0 Å². The van der Waals surface area contributed by atoms with Crippen LogP contribution in [-0.4, -0.2) is 16.9 Å². The third-order valence-electron chi connectivity index (χ3n) is 4.91. The highest BCUT2D eigenvalue weighted by Crippen LogP contribution is 2.34. The molecule has 0 radical (unpaired) electrons. The summed E-state index contributed by atoms with van der Waals surface area (Å²) < 4.78 is 0. The normalized spacial score (nSPS) is 20.0. The second kappa shape index (κ2) is 9.78. The first-order valence-electron chi connectivity index (χ1n) is 9.03. The number of allylic oxidation sites excluding steroid dienone is 1. The molecule has 0 aromatic heterocycles. The molecule has 132 valence electrons. The lowest BCUT2D eigenvalue weighted by atomic mass is 9.89. The van der Waals surface area contributed by atoms with Gasteiger partial charge in [-0.15, -0.1) is 0 Å². The van der Waals surface area contributed by atoms with Crippen molar-refractivity contribution in [2.45, 2.75) is 51.4 Å². The van der Waals surface area contributed by atoms with Gasteiger partial charge in [-0.1, -0.05) is 49.6 Å². The van der Waals surface area contributed by atoms with E-state index in [1.807, 2.05) is 24.3 Å². The van der Waals surface area contributed by atoms with E-state index in [2.05, 4.69) is 12.1 Å². The summed E-state index contributed by atoms with van der Waals surface area (Å²) in [6, 6.07) is 9.67. The van der Waals surface area contributed by atoms with Gasteiger partial charge in [-0.2, -0.15) is 5.26 Å². The molecule has 1 aliphatic rings. The van der Waals surface area contributed by atoms with Gasteiger partial charge in [0.05, 0.1) is 11.6 Å². The molecule has 0 heterocycles. The second-order valence-electron chi connectivity index (χ2n) is 6.68. The summed E-state index contributed by atoms with van der Waals surface area (Å²) in [6.45, 7) is 0. The Morgan fingerprint density at radius 2 is 2.00 bits per heavy atom. The minimum atomic E-state index is -0.742. The zero-order valence-corrected chi connectivity index (χ0v) is 14.5. The van der Waals surface area contributed by atoms with Crippen LogP contribution in [0.15, 0.2) is 30.3 Å². The highest BCUT2D eigenvalue weighted by molar-refractivity contribution is 5.84. The number of benzene rings is 1. The molecule has 2 unspecified atom stereocenters. The van der Waals surface area contributed by atoms with Crippen LogP contribution in [0.25, 0.3) is 6.08 Å². The van der Waals surface area contributed by atoms with Crippen LogP contribution in [0.5, 0.6) is 0 Å². The molecule has 1 aromatic carbocycles. The highest BCUT2D eigenvalue weighted by Gasteiger charge is 2.32. The summed E-state index contributed by atoms with van der Waals surface area (Å²) in [4.78, 5) is 22.7. The predicted octanol–water partition coefficient (Wildman–Crippen LogP) is 4.59. The Bertz CT molecular complexity index is 672. The van der Waals surface area contributed by atoms with Crippen LogP contribution in [-0.2, 0) is 9.59 Å². The summed E-state index contributed by atoms with van der Waals surface area (Å²) in [6.07, 6.45) is 10.3. The molecular weight excluding hydrogens is 314 g/mol. The first kappa shape index (κ1) is 18.9. The number of carboxylic acid groups (broad SMARTS) is 1. The number of nitriles is 1. The molecule has 0 spiro atoms. The number of aliphatic carboxylic acids is 1. The lowest BCUT2D eigenvalue weighted by Gasteiger charge is -2.15. The van der Waals surface area contributed by atoms with Crippen molar-refractivity contribution in [1.82, 2.24) is 0 Å². The van der Waals surface area contributed by atoms with Crippen molar-refractivity contribution >= 4 is 17.8 Å². The monoisotopic (exact) mass is 339 g/mol. The van der Waals surface area contributed by atoms with E-state index in [1.54, 1.807) is 6.07 Å². The molecule has 0 aliphatic heterocycles. The number of ketones is 1. The number of Topliss-reactive ketones (excluding diaryl/α,β-unsaturated/α-hetero) is 1. The molecular formula is C21H25NO3. The number of hydrogen-bond acceptors (Lipinski definition) is 3. The number of carbonyl (C=O) groups excluding carboxylic acids is 1. The van der Waals surface area contributed by atoms with E-state index in [-0.39, 0.29) is 18.3 Å². The minimum Gasteiger partial charge on any atom is -0.481 e. The first-order valence-corrected chi connectivity index (χ1v) is 9.03. The first-order chi connectivity index (χ1) is 12.1. The maximum atomic E-state index is 12.2. The molecule has 0 bridgehead atoms. The fraction of sp³-hybridized carbons (Fsp3) is 0.476. The third kappa shape index (κ3) is 5.86. The summed E-state index contributed by atoms with van der Waals surface area (Å²) in [5.74, 6) is -0.0779. The van der Waals surface area contributed by atoms with Gasteiger partial charge in [-0.05, 0) is 36.8 Å². The van der Waals surface area contributed by atoms with E-state index in [4.69, 9.17) is 10.4 Å². The molecule has 4 heteroatoms. The standard InChI is InChI=1S/C21H25NO3/c22-15-18-8-6-5-7-16(18)11-12-17-13-14-20(23)19(17)9-3-1-2-4-10-21(24)25/h5-8,11-12,17,19H,1-4,9-10,13-14H2,(H,24,25)/b12-11+. The number of carbonyl (C=O) groups is 2. The Balaban J connectivity index is 1.85.